The first kappa shape index (κ1) is 31.4. The first-order chi connectivity index (χ1) is 26.7. The molecule has 4 nitrogen and oxygen atoms in total. The Balaban J connectivity index is 1.19. The minimum Gasteiger partial charge on any atom is -0.256 e. The molecule has 0 radical (unpaired) electrons. The normalized spacial score (nSPS) is 11.3. The molecule has 3 heterocycles. The van der Waals surface area contributed by atoms with Crippen molar-refractivity contribution >= 4 is 32.6 Å². The number of pyridine rings is 2. The number of nitrogens with zero attached hydrogens (tertiary/aromatic N) is 4. The highest BCUT2D eigenvalue weighted by Gasteiger charge is 2.18. The van der Waals surface area contributed by atoms with Crippen LogP contribution in [0.15, 0.2) is 194 Å². The third-order valence-electron chi connectivity index (χ3n) is 10.2. The van der Waals surface area contributed by atoms with Crippen LogP contribution >= 0.6 is 0 Å². The Bertz CT molecular complexity index is 2750. The van der Waals surface area contributed by atoms with E-state index in [0.717, 1.165) is 78.3 Å². The lowest BCUT2D eigenvalue weighted by molar-refractivity contribution is 1.29. The van der Waals surface area contributed by atoms with Crippen molar-refractivity contribution in [2.45, 2.75) is 0 Å². The van der Waals surface area contributed by atoms with Crippen LogP contribution in [0.2, 0.25) is 0 Å². The minimum absolute atomic E-state index is 0.823. The Labute approximate surface area is 313 Å². The van der Waals surface area contributed by atoms with Crippen LogP contribution in [0.3, 0.4) is 0 Å². The van der Waals surface area contributed by atoms with Crippen LogP contribution in [0.4, 0.5) is 0 Å². The molecule has 252 valence electrons. The van der Waals surface area contributed by atoms with Crippen molar-refractivity contribution in [3.05, 3.63) is 194 Å². The van der Waals surface area contributed by atoms with Crippen LogP contribution in [-0.4, -0.2) is 19.9 Å². The van der Waals surface area contributed by atoms with Gasteiger partial charge in [-0.1, -0.05) is 133 Å². The van der Waals surface area contributed by atoms with Crippen LogP contribution in [0.25, 0.3) is 99.9 Å². The Morgan fingerprint density at radius 2 is 0.648 bits per heavy atom. The zero-order valence-corrected chi connectivity index (χ0v) is 29.3. The van der Waals surface area contributed by atoms with Gasteiger partial charge < -0.3 is 0 Å². The van der Waals surface area contributed by atoms with Gasteiger partial charge in [0.1, 0.15) is 0 Å². The van der Waals surface area contributed by atoms with Gasteiger partial charge in [-0.3, -0.25) is 9.97 Å². The van der Waals surface area contributed by atoms with E-state index in [4.69, 9.17) is 9.97 Å². The lowest BCUT2D eigenvalue weighted by Crippen LogP contribution is -1.98. The van der Waals surface area contributed by atoms with E-state index in [2.05, 4.69) is 156 Å². The van der Waals surface area contributed by atoms with E-state index in [-0.39, 0.29) is 0 Å². The van der Waals surface area contributed by atoms with E-state index < -0.39 is 0 Å². The summed E-state index contributed by atoms with van der Waals surface area (Å²) in [6, 6.07) is 63.8. The van der Waals surface area contributed by atoms with E-state index in [1.54, 1.807) is 0 Å². The van der Waals surface area contributed by atoms with Gasteiger partial charge in [-0.25, -0.2) is 9.97 Å². The van der Waals surface area contributed by atoms with Crippen molar-refractivity contribution in [2.75, 3.05) is 0 Å². The van der Waals surface area contributed by atoms with E-state index in [1.807, 2.05) is 48.8 Å². The predicted molar refractivity (Wildman–Crippen MR) is 223 cm³/mol. The highest BCUT2D eigenvalue weighted by atomic mass is 14.8. The predicted octanol–water partition coefficient (Wildman–Crippen LogP) is 12.7. The molecule has 54 heavy (non-hydrogen) atoms. The number of rotatable bonds is 6. The maximum atomic E-state index is 5.45. The molecule has 0 aliphatic carbocycles. The Morgan fingerprint density at radius 1 is 0.278 bits per heavy atom. The fourth-order valence-corrected chi connectivity index (χ4v) is 7.36. The highest BCUT2D eigenvalue weighted by molar-refractivity contribution is 5.99. The summed E-state index contributed by atoms with van der Waals surface area (Å²) in [6.45, 7) is 0. The summed E-state index contributed by atoms with van der Waals surface area (Å²) in [6.07, 6.45) is 3.65. The second kappa shape index (κ2) is 13.4. The molecule has 0 atom stereocenters. The van der Waals surface area contributed by atoms with Gasteiger partial charge in [0.2, 0.25) is 0 Å². The molecule has 7 aromatic carbocycles. The van der Waals surface area contributed by atoms with Crippen LogP contribution in [0.1, 0.15) is 0 Å². The SMILES string of the molecule is c1ccc(-c2ccc(-c3nc4cc(-c5ccc6ccccc6c5)c(-c5ccc6ccccc6c5)cc4nc3-c3ccc(-c4ccccn4)cc3)cc2)nc1. The lowest BCUT2D eigenvalue weighted by atomic mass is 9.91. The number of benzene rings is 7. The molecule has 0 bridgehead atoms. The number of hydrogen-bond acceptors (Lipinski definition) is 4. The van der Waals surface area contributed by atoms with Gasteiger partial charge in [-0.15, -0.1) is 0 Å². The van der Waals surface area contributed by atoms with Crippen molar-refractivity contribution < 1.29 is 0 Å². The molecule has 10 rings (SSSR count). The average molecular weight is 689 g/mol. The van der Waals surface area contributed by atoms with E-state index in [1.165, 1.54) is 21.5 Å². The molecular formula is C50H32N4. The maximum Gasteiger partial charge on any atom is 0.0973 e. The van der Waals surface area contributed by atoms with Crippen LogP contribution in [-0.2, 0) is 0 Å². The minimum atomic E-state index is 0.823. The highest BCUT2D eigenvalue weighted by Crippen LogP contribution is 2.40. The summed E-state index contributed by atoms with van der Waals surface area (Å²) < 4.78 is 0. The van der Waals surface area contributed by atoms with Gasteiger partial charge in [0.15, 0.2) is 0 Å². The molecule has 0 N–H and O–H groups in total. The monoisotopic (exact) mass is 688 g/mol. The zero-order valence-electron chi connectivity index (χ0n) is 29.3. The third-order valence-corrected chi connectivity index (χ3v) is 10.2. The Kier molecular flexibility index (Phi) is 7.77. The second-order valence-corrected chi connectivity index (χ2v) is 13.5. The fourth-order valence-electron chi connectivity index (χ4n) is 7.36. The largest absolute Gasteiger partial charge is 0.256 e. The smallest absolute Gasteiger partial charge is 0.0973 e. The first-order valence-electron chi connectivity index (χ1n) is 18.1. The zero-order chi connectivity index (χ0) is 35.8. The van der Waals surface area contributed by atoms with Crippen molar-refractivity contribution in [3.8, 4) is 67.3 Å². The van der Waals surface area contributed by atoms with Gasteiger partial charge in [-0.05, 0) is 92.3 Å². The third kappa shape index (κ3) is 5.86. The van der Waals surface area contributed by atoms with Crippen molar-refractivity contribution in [2.24, 2.45) is 0 Å². The number of aromatic nitrogens is 4. The Hall–Kier alpha value is -7.30. The molecule has 0 saturated carbocycles. The molecule has 0 fully saturated rings. The summed E-state index contributed by atoms with van der Waals surface area (Å²) in [7, 11) is 0. The van der Waals surface area contributed by atoms with E-state index >= 15 is 0 Å². The summed E-state index contributed by atoms with van der Waals surface area (Å²) >= 11 is 0. The van der Waals surface area contributed by atoms with Crippen LogP contribution in [0, 0.1) is 0 Å². The van der Waals surface area contributed by atoms with Crippen LogP contribution < -0.4 is 0 Å². The second-order valence-electron chi connectivity index (χ2n) is 13.5. The summed E-state index contributed by atoms with van der Waals surface area (Å²) in [5.74, 6) is 0. The Morgan fingerprint density at radius 3 is 1.06 bits per heavy atom. The molecule has 4 heteroatoms. The molecule has 0 aliphatic heterocycles. The van der Waals surface area contributed by atoms with Gasteiger partial charge in [0.05, 0.1) is 33.8 Å². The fraction of sp³-hybridized carbons (Fsp3) is 0. The molecular weight excluding hydrogens is 657 g/mol. The molecule has 0 aliphatic rings. The summed E-state index contributed by atoms with van der Waals surface area (Å²) in [5, 5.41) is 4.82. The van der Waals surface area contributed by atoms with Crippen molar-refractivity contribution in [1.29, 1.82) is 0 Å². The first-order valence-corrected chi connectivity index (χ1v) is 18.1. The quantitative estimate of drug-likeness (QED) is 0.174. The van der Waals surface area contributed by atoms with Crippen molar-refractivity contribution in [1.82, 2.24) is 19.9 Å². The van der Waals surface area contributed by atoms with E-state index in [0.29, 0.717) is 0 Å². The maximum absolute atomic E-state index is 5.45. The van der Waals surface area contributed by atoms with Crippen LogP contribution in [0.5, 0.6) is 0 Å². The van der Waals surface area contributed by atoms with Gasteiger partial charge >= 0.3 is 0 Å². The van der Waals surface area contributed by atoms with Gasteiger partial charge in [0, 0.05) is 34.6 Å². The standard InChI is InChI=1S/C50H32N4/c1-3-11-39-29-41(25-15-33(39)9-1)43-31-47-48(32-44(43)42-26-16-34-10-2-4-12-40(34)30-42)54-50(38-23-19-36(20-24-38)46-14-6-8-28-52-46)49(53-47)37-21-17-35(18-22-37)45-13-5-7-27-51-45/h1-32H. The van der Waals surface area contributed by atoms with Gasteiger partial charge in [0.25, 0.3) is 0 Å². The lowest BCUT2D eigenvalue weighted by Gasteiger charge is -2.16. The number of hydrogen-bond donors (Lipinski definition) is 0. The average Bonchev–Trinajstić information content (AvgIpc) is 3.26. The van der Waals surface area contributed by atoms with Gasteiger partial charge in [-0.2, -0.15) is 0 Å². The molecule has 0 amide bonds. The molecule has 3 aromatic heterocycles. The van der Waals surface area contributed by atoms with Crippen molar-refractivity contribution in [3.63, 3.8) is 0 Å². The van der Waals surface area contributed by atoms with E-state index in [9.17, 15) is 0 Å². The molecule has 0 unspecified atom stereocenters. The number of fused-ring (bicyclic) bond motifs is 3. The molecule has 10 aromatic rings. The molecule has 0 saturated heterocycles. The topological polar surface area (TPSA) is 51.6 Å². The summed E-state index contributed by atoms with van der Waals surface area (Å²) in [5.41, 5.74) is 13.7. The molecule has 0 spiro atoms. The summed E-state index contributed by atoms with van der Waals surface area (Å²) in [4.78, 5) is 20.0.